The maximum Gasteiger partial charge on any atom is 0.279 e. The van der Waals surface area contributed by atoms with Crippen LogP contribution in [0.15, 0.2) is 48.5 Å². The van der Waals surface area contributed by atoms with Crippen molar-refractivity contribution in [2.75, 3.05) is 38.0 Å². The maximum absolute atomic E-state index is 13.0. The van der Waals surface area contributed by atoms with Gasteiger partial charge in [-0.3, -0.25) is 9.59 Å². The lowest BCUT2D eigenvalue weighted by Gasteiger charge is -2.29. The van der Waals surface area contributed by atoms with Crippen molar-refractivity contribution in [2.24, 2.45) is 5.73 Å². The van der Waals surface area contributed by atoms with Crippen LogP contribution in [0.3, 0.4) is 0 Å². The molecule has 6 nitrogen and oxygen atoms in total. The lowest BCUT2D eigenvalue weighted by Crippen LogP contribution is -3.28. The molecule has 0 spiro atoms. The Morgan fingerprint density at radius 1 is 0.963 bits per heavy atom. The summed E-state index contributed by atoms with van der Waals surface area (Å²) in [7, 11) is 0. The number of anilines is 1. The van der Waals surface area contributed by atoms with Gasteiger partial charge in [0.05, 0.1) is 11.3 Å². The van der Waals surface area contributed by atoms with Crippen molar-refractivity contribution < 1.29 is 23.8 Å². The van der Waals surface area contributed by atoms with E-state index < -0.39 is 5.91 Å². The summed E-state index contributed by atoms with van der Waals surface area (Å²) in [4.78, 5) is 26.4. The fourth-order valence-corrected chi connectivity index (χ4v) is 3.43. The Morgan fingerprint density at radius 3 is 2.26 bits per heavy atom. The second-order valence-corrected chi connectivity index (χ2v) is 6.94. The number of quaternary nitrogens is 2. The highest BCUT2D eigenvalue weighted by Gasteiger charge is 2.25. The molecular formula is C20H25FN4O2+2. The molecule has 2 amide bonds. The first-order chi connectivity index (χ1) is 13.0. The smallest absolute Gasteiger partial charge is 0.279 e. The molecule has 1 saturated heterocycles. The molecule has 1 fully saturated rings. The van der Waals surface area contributed by atoms with Crippen LogP contribution in [0.25, 0.3) is 0 Å². The third-order valence-corrected chi connectivity index (χ3v) is 4.91. The molecule has 0 unspecified atom stereocenters. The van der Waals surface area contributed by atoms with E-state index in [1.807, 2.05) is 12.1 Å². The third kappa shape index (κ3) is 5.35. The zero-order chi connectivity index (χ0) is 19.2. The molecule has 7 heteroatoms. The Morgan fingerprint density at radius 2 is 1.59 bits per heavy atom. The van der Waals surface area contributed by atoms with Gasteiger partial charge in [-0.15, -0.1) is 0 Å². The first-order valence-corrected chi connectivity index (χ1v) is 9.11. The number of piperazine rings is 1. The fourth-order valence-electron chi connectivity index (χ4n) is 3.43. The van der Waals surface area contributed by atoms with E-state index in [-0.39, 0.29) is 11.7 Å². The Labute approximate surface area is 157 Å². The lowest BCUT2D eigenvalue weighted by atomic mass is 10.1. The minimum Gasteiger partial charge on any atom is -0.366 e. The van der Waals surface area contributed by atoms with Gasteiger partial charge in [0.2, 0.25) is 0 Å². The van der Waals surface area contributed by atoms with Crippen LogP contribution in [0.2, 0.25) is 0 Å². The minimum atomic E-state index is -0.559. The molecular weight excluding hydrogens is 347 g/mol. The lowest BCUT2D eigenvalue weighted by molar-refractivity contribution is -1.02. The van der Waals surface area contributed by atoms with Crippen molar-refractivity contribution in [3.63, 3.8) is 0 Å². The van der Waals surface area contributed by atoms with Gasteiger partial charge < -0.3 is 20.9 Å². The number of nitrogens with two attached hydrogens (primary N) is 1. The van der Waals surface area contributed by atoms with Gasteiger partial charge in [-0.2, -0.15) is 0 Å². The van der Waals surface area contributed by atoms with E-state index in [1.165, 1.54) is 21.9 Å². The van der Waals surface area contributed by atoms with Crippen LogP contribution in [0.1, 0.15) is 15.9 Å². The number of nitrogens with one attached hydrogen (secondary N) is 3. The van der Waals surface area contributed by atoms with Crippen molar-refractivity contribution in [2.45, 2.75) is 6.54 Å². The molecule has 5 N–H and O–H groups in total. The minimum absolute atomic E-state index is 0.124. The van der Waals surface area contributed by atoms with Crippen LogP contribution >= 0.6 is 0 Å². The average molecular weight is 372 g/mol. The van der Waals surface area contributed by atoms with Gasteiger partial charge in [0.1, 0.15) is 38.5 Å². The summed E-state index contributed by atoms with van der Waals surface area (Å²) >= 11 is 0. The fraction of sp³-hybridized carbons (Fsp3) is 0.300. The highest BCUT2D eigenvalue weighted by molar-refractivity contribution is 6.03. The normalized spacial score (nSPS) is 19.4. The Hall–Kier alpha value is -2.77. The molecule has 0 atom stereocenters. The third-order valence-electron chi connectivity index (χ3n) is 4.91. The number of carbonyl (C=O) groups excluding carboxylic acids is 2. The molecule has 0 saturated carbocycles. The highest BCUT2D eigenvalue weighted by atomic mass is 19.1. The van der Waals surface area contributed by atoms with Crippen LogP contribution in [0.5, 0.6) is 0 Å². The van der Waals surface area contributed by atoms with Crippen molar-refractivity contribution in [3.05, 3.63) is 65.5 Å². The van der Waals surface area contributed by atoms with E-state index in [0.29, 0.717) is 17.8 Å². The molecule has 2 aromatic rings. The number of primary amides is 1. The van der Waals surface area contributed by atoms with Crippen molar-refractivity contribution in [1.29, 1.82) is 0 Å². The van der Waals surface area contributed by atoms with Crippen LogP contribution in [0, 0.1) is 5.82 Å². The van der Waals surface area contributed by atoms with Crippen molar-refractivity contribution in [3.8, 4) is 0 Å². The Balaban J connectivity index is 1.47. The van der Waals surface area contributed by atoms with Gasteiger partial charge in [0.25, 0.3) is 11.8 Å². The molecule has 1 aliphatic rings. The van der Waals surface area contributed by atoms with Crippen LogP contribution in [-0.4, -0.2) is 44.5 Å². The maximum atomic E-state index is 13.0. The molecule has 0 aromatic heterocycles. The van der Waals surface area contributed by atoms with E-state index in [0.717, 1.165) is 38.3 Å². The number of benzene rings is 2. The highest BCUT2D eigenvalue weighted by Crippen LogP contribution is 2.13. The van der Waals surface area contributed by atoms with Crippen LogP contribution < -0.4 is 20.9 Å². The summed E-state index contributed by atoms with van der Waals surface area (Å²) in [5.74, 6) is -0.899. The summed E-state index contributed by atoms with van der Waals surface area (Å²) in [5, 5.41) is 2.79. The summed E-state index contributed by atoms with van der Waals surface area (Å²) in [6, 6.07) is 13.4. The topological polar surface area (TPSA) is 81.1 Å². The average Bonchev–Trinajstić information content (AvgIpc) is 2.65. The van der Waals surface area contributed by atoms with Gasteiger partial charge in [-0.1, -0.05) is 24.3 Å². The SMILES string of the molecule is NC(=O)c1ccccc1NC(=O)C[NH+]1CC[NH+](Cc2ccc(F)cc2)CC1. The standard InChI is InChI=1S/C20H23FN4O2/c21-16-7-5-15(6-8-16)13-24-9-11-25(12-10-24)14-19(26)23-18-4-2-1-3-17(18)20(22)27/h1-8H,9-14H2,(H2,22,27)(H,23,26)/p+2. The molecule has 1 aliphatic heterocycles. The van der Waals surface area contributed by atoms with E-state index in [2.05, 4.69) is 5.32 Å². The molecule has 2 aromatic carbocycles. The summed E-state index contributed by atoms with van der Waals surface area (Å²) in [6.45, 7) is 4.92. The zero-order valence-corrected chi connectivity index (χ0v) is 15.1. The second-order valence-electron chi connectivity index (χ2n) is 6.94. The molecule has 0 radical (unpaired) electrons. The molecule has 142 valence electrons. The molecule has 0 aliphatic carbocycles. The number of hydrogen-bond donors (Lipinski definition) is 4. The number of rotatable bonds is 6. The van der Waals surface area contributed by atoms with Gasteiger partial charge in [-0.25, -0.2) is 4.39 Å². The summed E-state index contributed by atoms with van der Waals surface area (Å²) in [6.07, 6.45) is 0. The van der Waals surface area contributed by atoms with Gasteiger partial charge in [-0.05, 0) is 24.3 Å². The quantitative estimate of drug-likeness (QED) is 0.516. The molecule has 1 heterocycles. The molecule has 27 heavy (non-hydrogen) atoms. The van der Waals surface area contributed by atoms with Gasteiger partial charge in [0, 0.05) is 5.56 Å². The first-order valence-electron chi connectivity index (χ1n) is 9.11. The number of amides is 2. The number of para-hydroxylation sites is 1. The Bertz CT molecular complexity index is 802. The number of hydrogen-bond acceptors (Lipinski definition) is 2. The zero-order valence-electron chi connectivity index (χ0n) is 15.1. The number of carbonyl (C=O) groups is 2. The van der Waals surface area contributed by atoms with Crippen LogP contribution in [0.4, 0.5) is 10.1 Å². The van der Waals surface area contributed by atoms with Crippen molar-refractivity contribution >= 4 is 17.5 Å². The predicted molar refractivity (Wildman–Crippen MR) is 100.0 cm³/mol. The monoisotopic (exact) mass is 372 g/mol. The largest absolute Gasteiger partial charge is 0.366 e. The predicted octanol–water partition coefficient (Wildman–Crippen LogP) is -1.15. The summed E-state index contributed by atoms with van der Waals surface area (Å²) in [5.41, 5.74) is 7.23. The second kappa shape index (κ2) is 8.75. The van der Waals surface area contributed by atoms with Crippen LogP contribution in [-0.2, 0) is 11.3 Å². The molecule has 3 rings (SSSR count). The van der Waals surface area contributed by atoms with Crippen molar-refractivity contribution in [1.82, 2.24) is 0 Å². The van der Waals surface area contributed by atoms with E-state index >= 15 is 0 Å². The van der Waals surface area contributed by atoms with E-state index in [1.54, 1.807) is 24.3 Å². The summed E-state index contributed by atoms with van der Waals surface area (Å²) < 4.78 is 13.0. The van der Waals surface area contributed by atoms with E-state index in [9.17, 15) is 14.0 Å². The van der Waals surface area contributed by atoms with Gasteiger partial charge in [0.15, 0.2) is 6.54 Å². The van der Waals surface area contributed by atoms with E-state index in [4.69, 9.17) is 5.73 Å². The molecule has 0 bridgehead atoms. The van der Waals surface area contributed by atoms with Gasteiger partial charge >= 0.3 is 0 Å². The first kappa shape index (κ1) is 19.0. The number of halogens is 1. The Kier molecular flexibility index (Phi) is 6.16.